The quantitative estimate of drug-likeness (QED) is 0.397. The minimum atomic E-state index is -0.238. The van der Waals surface area contributed by atoms with Crippen LogP contribution in [0.25, 0.3) is 5.69 Å². The number of benzene rings is 1. The maximum Gasteiger partial charge on any atom is 0.265 e. The molecule has 0 N–H and O–H groups in total. The summed E-state index contributed by atoms with van der Waals surface area (Å²) < 4.78 is 2.00. The minimum absolute atomic E-state index is 0.238. The van der Waals surface area contributed by atoms with Crippen LogP contribution >= 0.6 is 58.8 Å². The summed E-state index contributed by atoms with van der Waals surface area (Å²) in [7, 11) is 0. The highest BCUT2D eigenvalue weighted by molar-refractivity contribution is 8.23. The molecule has 116 valence electrons. The Morgan fingerprint density at radius 1 is 1.18 bits per heavy atom. The van der Waals surface area contributed by atoms with E-state index in [1.807, 2.05) is 0 Å². The van der Waals surface area contributed by atoms with Crippen molar-refractivity contribution in [3.05, 3.63) is 62.5 Å². The first kappa shape index (κ1) is 17.8. The first-order valence-electron chi connectivity index (χ1n) is 6.45. The van der Waals surface area contributed by atoms with Crippen molar-refractivity contribution in [2.75, 3.05) is 11.6 Å². The Kier molecular flexibility index (Phi) is 6.78. The van der Waals surface area contributed by atoms with Crippen molar-refractivity contribution in [3.8, 4) is 5.69 Å². The van der Waals surface area contributed by atoms with Gasteiger partial charge < -0.3 is 0 Å². The van der Waals surface area contributed by atoms with Gasteiger partial charge in [0.1, 0.15) is 0 Å². The van der Waals surface area contributed by atoms with Crippen LogP contribution in [-0.2, 0) is 0 Å². The average molecular weight is 393 g/mol. The molecule has 0 saturated heterocycles. The van der Waals surface area contributed by atoms with Crippen LogP contribution in [-0.4, -0.2) is 20.4 Å². The molecule has 2 aromatic rings. The van der Waals surface area contributed by atoms with Gasteiger partial charge in [-0.3, -0.25) is 9.36 Å². The Labute approximate surface area is 153 Å². The summed E-state index contributed by atoms with van der Waals surface area (Å²) in [5.41, 5.74) is 0.827. The molecule has 1 aromatic heterocycles. The molecule has 0 radical (unpaired) electrons. The molecule has 0 aliphatic carbocycles. The van der Waals surface area contributed by atoms with Crippen molar-refractivity contribution in [1.29, 1.82) is 0 Å². The number of pyridine rings is 1. The van der Waals surface area contributed by atoms with E-state index < -0.39 is 0 Å². The second-order valence-electron chi connectivity index (χ2n) is 4.37. The van der Waals surface area contributed by atoms with Crippen LogP contribution in [0.5, 0.6) is 0 Å². The number of thioether (sulfide) groups is 1. The number of rotatable bonds is 5. The molecule has 0 aliphatic rings. The number of alkyl halides is 1. The van der Waals surface area contributed by atoms with Gasteiger partial charge in [-0.25, -0.2) is 0 Å². The third kappa shape index (κ3) is 4.27. The number of halogens is 3. The normalized spacial score (nSPS) is 10.7. The second kappa shape index (κ2) is 8.37. The molecule has 0 atom stereocenters. The molecule has 22 heavy (non-hydrogen) atoms. The van der Waals surface area contributed by atoms with Crippen LogP contribution < -0.4 is 5.56 Å². The minimum Gasteiger partial charge on any atom is -0.284 e. The van der Waals surface area contributed by atoms with E-state index in [-0.39, 0.29) is 5.56 Å². The lowest BCUT2D eigenvalue weighted by atomic mass is 10.2. The molecular formula is C15H12Cl3NOS2. The molecule has 0 spiro atoms. The zero-order valence-electron chi connectivity index (χ0n) is 11.4. The Hall–Kier alpha value is -0.520. The standard InChI is InChI=1S/C15H12Cl3NOS2/c16-7-1-9-22-15(21)13-12(18)6-8-19(14(13)20)11-4-2-10(17)3-5-11/h2-6,8H,1,7,9H2. The van der Waals surface area contributed by atoms with E-state index in [9.17, 15) is 4.79 Å². The highest BCUT2D eigenvalue weighted by Gasteiger charge is 2.15. The third-order valence-corrected chi connectivity index (χ3v) is 5.21. The number of hydrogen-bond acceptors (Lipinski definition) is 3. The van der Waals surface area contributed by atoms with Crippen LogP contribution in [0, 0.1) is 0 Å². The third-order valence-electron chi connectivity index (χ3n) is 2.86. The molecule has 2 nitrogen and oxygen atoms in total. The van der Waals surface area contributed by atoms with Crippen molar-refractivity contribution >= 4 is 63.0 Å². The van der Waals surface area contributed by atoms with Crippen molar-refractivity contribution in [2.24, 2.45) is 0 Å². The Morgan fingerprint density at radius 3 is 2.50 bits per heavy atom. The first-order valence-corrected chi connectivity index (χ1v) is 9.13. The molecule has 7 heteroatoms. The predicted molar refractivity (Wildman–Crippen MR) is 102 cm³/mol. The van der Waals surface area contributed by atoms with Gasteiger partial charge in [0.25, 0.3) is 5.56 Å². The largest absolute Gasteiger partial charge is 0.284 e. The molecule has 2 rings (SSSR count). The lowest BCUT2D eigenvalue weighted by molar-refractivity contribution is 0.987. The highest BCUT2D eigenvalue weighted by Crippen LogP contribution is 2.21. The summed E-state index contributed by atoms with van der Waals surface area (Å²) in [6, 6.07) is 8.66. The van der Waals surface area contributed by atoms with Gasteiger partial charge in [0.15, 0.2) is 0 Å². The van der Waals surface area contributed by atoms with E-state index in [0.717, 1.165) is 12.2 Å². The van der Waals surface area contributed by atoms with Crippen LogP contribution in [0.2, 0.25) is 10.0 Å². The van der Waals surface area contributed by atoms with Gasteiger partial charge in [-0.05, 0) is 42.5 Å². The van der Waals surface area contributed by atoms with Crippen molar-refractivity contribution in [1.82, 2.24) is 4.57 Å². The van der Waals surface area contributed by atoms with Gasteiger partial charge in [-0.2, -0.15) is 0 Å². The van der Waals surface area contributed by atoms with Gasteiger partial charge in [0.05, 0.1) is 14.8 Å². The zero-order valence-corrected chi connectivity index (χ0v) is 15.3. The molecule has 0 aliphatic heterocycles. The molecule has 0 saturated carbocycles. The van der Waals surface area contributed by atoms with Gasteiger partial charge in [0.2, 0.25) is 0 Å². The lowest BCUT2D eigenvalue weighted by Gasteiger charge is -2.10. The van der Waals surface area contributed by atoms with Crippen LogP contribution in [0.1, 0.15) is 12.0 Å². The van der Waals surface area contributed by atoms with E-state index >= 15 is 0 Å². The summed E-state index contributed by atoms with van der Waals surface area (Å²) >= 11 is 24.4. The molecule has 0 unspecified atom stereocenters. The lowest BCUT2D eigenvalue weighted by Crippen LogP contribution is -2.24. The number of nitrogens with zero attached hydrogens (tertiary/aromatic N) is 1. The van der Waals surface area contributed by atoms with Gasteiger partial charge in [-0.15, -0.1) is 23.4 Å². The summed E-state index contributed by atoms with van der Waals surface area (Å²) in [6.07, 6.45) is 2.45. The van der Waals surface area contributed by atoms with Crippen LogP contribution in [0.15, 0.2) is 41.3 Å². The SMILES string of the molecule is O=c1c(C(=S)SCCCCl)c(Cl)ccn1-c1ccc(Cl)cc1. The molecule has 1 aromatic carbocycles. The van der Waals surface area contributed by atoms with Gasteiger partial charge >= 0.3 is 0 Å². The van der Waals surface area contributed by atoms with E-state index in [1.54, 1.807) is 36.5 Å². The molecular weight excluding hydrogens is 381 g/mol. The van der Waals surface area contributed by atoms with E-state index in [1.165, 1.54) is 16.3 Å². The van der Waals surface area contributed by atoms with Crippen LogP contribution in [0.4, 0.5) is 0 Å². The second-order valence-corrected chi connectivity index (χ2v) is 7.36. The highest BCUT2D eigenvalue weighted by atomic mass is 35.5. The summed E-state index contributed by atoms with van der Waals surface area (Å²) in [6.45, 7) is 0. The van der Waals surface area contributed by atoms with Gasteiger partial charge in [-0.1, -0.05) is 35.4 Å². The predicted octanol–water partition coefficient (Wildman–Crippen LogP) is 5.18. The molecule has 1 heterocycles. The Morgan fingerprint density at radius 2 is 1.86 bits per heavy atom. The fraction of sp³-hybridized carbons (Fsp3) is 0.200. The summed E-state index contributed by atoms with van der Waals surface area (Å²) in [5.74, 6) is 1.32. The maximum absolute atomic E-state index is 12.7. The van der Waals surface area contributed by atoms with Crippen molar-refractivity contribution in [3.63, 3.8) is 0 Å². The van der Waals surface area contributed by atoms with Crippen LogP contribution in [0.3, 0.4) is 0 Å². The Bertz CT molecular complexity index is 729. The monoisotopic (exact) mass is 391 g/mol. The van der Waals surface area contributed by atoms with Crippen molar-refractivity contribution in [2.45, 2.75) is 6.42 Å². The number of hydrogen-bond donors (Lipinski definition) is 0. The Balaban J connectivity index is 2.39. The zero-order chi connectivity index (χ0) is 16.1. The average Bonchev–Trinajstić information content (AvgIpc) is 2.49. The van der Waals surface area contributed by atoms with E-state index in [4.69, 9.17) is 47.0 Å². The van der Waals surface area contributed by atoms with E-state index in [2.05, 4.69) is 0 Å². The fourth-order valence-corrected chi connectivity index (χ4v) is 3.82. The van der Waals surface area contributed by atoms with E-state index in [0.29, 0.717) is 31.4 Å². The maximum atomic E-state index is 12.7. The smallest absolute Gasteiger partial charge is 0.265 e. The number of aromatic nitrogens is 1. The van der Waals surface area contributed by atoms with Gasteiger partial charge in [0, 0.05) is 22.8 Å². The summed E-state index contributed by atoms with van der Waals surface area (Å²) in [4.78, 5) is 12.7. The molecule has 0 fully saturated rings. The topological polar surface area (TPSA) is 22.0 Å². The summed E-state index contributed by atoms with van der Waals surface area (Å²) in [5, 5.41) is 0.969. The fourth-order valence-electron chi connectivity index (χ4n) is 1.80. The molecule has 0 bridgehead atoms. The molecule has 0 amide bonds. The number of thiocarbonyl (C=S) groups is 1. The first-order chi connectivity index (χ1) is 10.5. The van der Waals surface area contributed by atoms with Crippen molar-refractivity contribution < 1.29 is 0 Å².